The molecule has 0 heterocycles. The molecule has 0 aromatic rings. The minimum atomic E-state index is -0.167. The monoisotopic (exact) mass is 198 g/mol. The van der Waals surface area contributed by atoms with E-state index in [0.717, 1.165) is 0 Å². The van der Waals surface area contributed by atoms with E-state index in [2.05, 4.69) is 0 Å². The molecule has 6 heavy (non-hydrogen) atoms. The van der Waals surface area contributed by atoms with E-state index in [9.17, 15) is 0 Å². The fourth-order valence-electron chi connectivity index (χ4n) is 0. The zero-order chi connectivity index (χ0) is 3.58. The van der Waals surface area contributed by atoms with E-state index in [1.54, 1.807) is 13.8 Å². The molecule has 3 heteroatoms. The summed E-state index contributed by atoms with van der Waals surface area (Å²) in [6.07, 6.45) is -0.167. The summed E-state index contributed by atoms with van der Waals surface area (Å²) >= 11 is 0. The smallest absolute Gasteiger partial charge is 1.00 e. The Kier molecular flexibility index (Phi) is 26.7. The Balaban J connectivity index is -0.00000000750. The van der Waals surface area contributed by atoms with Crippen molar-refractivity contribution in [3.8, 4) is 0 Å². The first kappa shape index (κ1) is 15.7. The first-order valence-electron chi connectivity index (χ1n) is 1.41. The van der Waals surface area contributed by atoms with Crippen molar-refractivity contribution in [2.24, 2.45) is 0 Å². The molecule has 0 amide bonds. The molecule has 0 aromatic carbocycles. The molecule has 1 N–H and O–H groups in total. The maximum atomic E-state index is 8.06. The van der Waals surface area contributed by atoms with Gasteiger partial charge in [-0.2, -0.15) is 0 Å². The molecule has 0 bridgehead atoms. The van der Waals surface area contributed by atoms with Gasteiger partial charge in [0.05, 0.1) is 0 Å². The quantitative estimate of drug-likeness (QED) is 0.552. The summed E-state index contributed by atoms with van der Waals surface area (Å²) in [6.45, 7) is 3.44. The summed E-state index contributed by atoms with van der Waals surface area (Å²) in [5.74, 6) is 0. The molecule has 34 valence electrons. The summed E-state index contributed by atoms with van der Waals surface area (Å²) in [5, 5.41) is 8.06. The molecule has 0 atom stereocenters. The SMILES string of the molecule is CC(C)O.[H-].[H-].[Sr+2].[Ti]. The molecule has 0 radical (unpaired) electrons. The number of hydrogen-bond donors (Lipinski definition) is 1. The van der Waals surface area contributed by atoms with Gasteiger partial charge in [0.1, 0.15) is 0 Å². The van der Waals surface area contributed by atoms with Crippen molar-refractivity contribution in [1.82, 2.24) is 0 Å². The molecule has 0 aromatic heterocycles. The number of aliphatic hydroxyl groups is 1. The summed E-state index contributed by atoms with van der Waals surface area (Å²) in [5.41, 5.74) is 0. The van der Waals surface area contributed by atoms with Crippen LogP contribution in [0.3, 0.4) is 0 Å². The van der Waals surface area contributed by atoms with Crippen LogP contribution in [0.15, 0.2) is 0 Å². The zero-order valence-electron chi connectivity index (χ0n) is 6.23. The Hall–Kier alpha value is 2.15. The van der Waals surface area contributed by atoms with Crippen LogP contribution >= 0.6 is 0 Å². The van der Waals surface area contributed by atoms with Crippen LogP contribution < -0.4 is 0 Å². The molecule has 0 aliphatic carbocycles. The van der Waals surface area contributed by atoms with Crippen LogP contribution in [0.4, 0.5) is 0 Å². The molecular formula is C3H10OSrTi. The van der Waals surface area contributed by atoms with E-state index >= 15 is 0 Å². The van der Waals surface area contributed by atoms with Crippen molar-refractivity contribution in [3.05, 3.63) is 0 Å². The third-order valence-electron chi connectivity index (χ3n) is 0. The van der Waals surface area contributed by atoms with E-state index in [1.165, 1.54) is 0 Å². The molecule has 0 rings (SSSR count). The second-order valence-corrected chi connectivity index (χ2v) is 1.09. The number of hydrogen-bond acceptors (Lipinski definition) is 1. The third-order valence-corrected chi connectivity index (χ3v) is 0. The van der Waals surface area contributed by atoms with Crippen LogP contribution in [0.5, 0.6) is 0 Å². The minimum Gasteiger partial charge on any atom is -1.00 e. The second kappa shape index (κ2) is 10.2. The molecule has 0 spiro atoms. The Morgan fingerprint density at radius 2 is 1.50 bits per heavy atom. The average Bonchev–Trinajstić information content (AvgIpc) is 0.811. The maximum absolute atomic E-state index is 8.06. The Morgan fingerprint density at radius 1 is 1.50 bits per heavy atom. The van der Waals surface area contributed by atoms with E-state index in [0.29, 0.717) is 0 Å². The van der Waals surface area contributed by atoms with Crippen LogP contribution in [0.1, 0.15) is 16.7 Å². The van der Waals surface area contributed by atoms with Crippen LogP contribution in [0, 0.1) is 0 Å². The molecule has 0 aliphatic heterocycles. The van der Waals surface area contributed by atoms with Crippen molar-refractivity contribution in [2.75, 3.05) is 0 Å². The number of aliphatic hydroxyl groups excluding tert-OH is 1. The number of rotatable bonds is 0. The molecule has 0 unspecified atom stereocenters. The largest absolute Gasteiger partial charge is 2.00 e. The first-order valence-corrected chi connectivity index (χ1v) is 1.41. The summed E-state index contributed by atoms with van der Waals surface area (Å²) in [6, 6.07) is 0. The standard InChI is InChI=1S/C3H8O.Sr.Ti.2H/c1-3(2)4;;;;/h3-4H,1-2H3;;;;/q;+2;;2*-1. The Bertz CT molecular complexity index is 22.0. The Morgan fingerprint density at radius 3 is 1.50 bits per heavy atom. The summed E-state index contributed by atoms with van der Waals surface area (Å²) in [7, 11) is 0. The first-order chi connectivity index (χ1) is 1.73. The van der Waals surface area contributed by atoms with Crippen LogP contribution in [0.25, 0.3) is 0 Å². The van der Waals surface area contributed by atoms with Gasteiger partial charge in [-0.25, -0.2) is 0 Å². The normalized spacial score (nSPS) is 6.00. The molecule has 0 aliphatic rings. The summed E-state index contributed by atoms with van der Waals surface area (Å²) < 4.78 is 0. The van der Waals surface area contributed by atoms with Gasteiger partial charge in [0.2, 0.25) is 0 Å². The van der Waals surface area contributed by atoms with Gasteiger partial charge < -0.3 is 7.96 Å². The summed E-state index contributed by atoms with van der Waals surface area (Å²) in [4.78, 5) is 0. The van der Waals surface area contributed by atoms with Gasteiger partial charge in [-0.15, -0.1) is 0 Å². The fourth-order valence-corrected chi connectivity index (χ4v) is 0. The van der Waals surface area contributed by atoms with E-state index < -0.39 is 0 Å². The van der Waals surface area contributed by atoms with Crippen molar-refractivity contribution >= 4 is 45.5 Å². The predicted octanol–water partition coefficient (Wildman–Crippen LogP) is 0.229. The van der Waals surface area contributed by atoms with Crippen LogP contribution in [0.2, 0.25) is 0 Å². The predicted molar refractivity (Wildman–Crippen MR) is 25.3 cm³/mol. The molecule has 0 saturated carbocycles. The minimum absolute atomic E-state index is 0. The van der Waals surface area contributed by atoms with Crippen molar-refractivity contribution in [2.45, 2.75) is 20.0 Å². The van der Waals surface area contributed by atoms with E-state index in [4.69, 9.17) is 5.11 Å². The van der Waals surface area contributed by atoms with E-state index in [1.807, 2.05) is 0 Å². The van der Waals surface area contributed by atoms with Gasteiger partial charge in [0.25, 0.3) is 0 Å². The van der Waals surface area contributed by atoms with Gasteiger partial charge in [0, 0.05) is 27.8 Å². The van der Waals surface area contributed by atoms with Crippen molar-refractivity contribution in [1.29, 1.82) is 0 Å². The van der Waals surface area contributed by atoms with Crippen molar-refractivity contribution < 1.29 is 29.7 Å². The Labute approximate surface area is 93.6 Å². The molecule has 1 nitrogen and oxygen atoms in total. The van der Waals surface area contributed by atoms with Crippen molar-refractivity contribution in [3.63, 3.8) is 0 Å². The zero-order valence-corrected chi connectivity index (χ0v) is 9.27. The molecule has 0 fully saturated rings. The topological polar surface area (TPSA) is 20.2 Å². The second-order valence-electron chi connectivity index (χ2n) is 1.09. The van der Waals surface area contributed by atoms with Gasteiger partial charge in [-0.1, -0.05) is 0 Å². The van der Waals surface area contributed by atoms with Crippen LogP contribution in [-0.2, 0) is 21.7 Å². The van der Waals surface area contributed by atoms with E-state index in [-0.39, 0.29) is 76.2 Å². The van der Waals surface area contributed by atoms with Gasteiger partial charge in [-0.05, 0) is 13.8 Å². The van der Waals surface area contributed by atoms with Gasteiger partial charge in [0.15, 0.2) is 0 Å². The fraction of sp³-hybridized carbons (Fsp3) is 1.00. The van der Waals surface area contributed by atoms with Crippen LogP contribution in [-0.4, -0.2) is 56.7 Å². The third kappa shape index (κ3) is 35.2. The maximum Gasteiger partial charge on any atom is 2.00 e. The van der Waals surface area contributed by atoms with Gasteiger partial charge >= 0.3 is 45.5 Å². The average molecular weight is 198 g/mol. The molecule has 0 saturated heterocycles. The molecular weight excluding hydrogens is 188 g/mol. The van der Waals surface area contributed by atoms with Gasteiger partial charge in [-0.3, -0.25) is 0 Å².